The van der Waals surface area contributed by atoms with Gasteiger partial charge in [0.15, 0.2) is 0 Å². The van der Waals surface area contributed by atoms with E-state index in [1.165, 1.54) is 19.1 Å². The Labute approximate surface area is 227 Å². The van der Waals surface area contributed by atoms with Crippen LogP contribution in [0.3, 0.4) is 0 Å². The SMILES string of the molecule is COCCCN(CC(=O)N1CCc2sccc2C1c1ccc(OC)cc1)C(=O)c1cc(OC)cc(OC)c1. The van der Waals surface area contributed by atoms with Gasteiger partial charge in [0.25, 0.3) is 5.91 Å². The molecule has 0 bridgehead atoms. The Hall–Kier alpha value is -3.56. The maximum absolute atomic E-state index is 13.9. The number of rotatable bonds is 11. The molecular weight excluding hydrogens is 504 g/mol. The summed E-state index contributed by atoms with van der Waals surface area (Å²) in [7, 11) is 6.33. The number of carbonyl (C=O) groups excluding carboxylic acids is 2. The molecule has 2 amide bonds. The number of thiophene rings is 1. The first-order valence-corrected chi connectivity index (χ1v) is 13.4. The van der Waals surface area contributed by atoms with E-state index in [0.717, 1.165) is 23.3 Å². The van der Waals surface area contributed by atoms with Gasteiger partial charge in [-0.25, -0.2) is 0 Å². The lowest BCUT2D eigenvalue weighted by atomic mass is 9.93. The number of benzene rings is 2. The van der Waals surface area contributed by atoms with Gasteiger partial charge in [-0.2, -0.15) is 0 Å². The smallest absolute Gasteiger partial charge is 0.254 e. The third-order valence-corrected chi connectivity index (χ3v) is 7.70. The van der Waals surface area contributed by atoms with Crippen LogP contribution in [0.1, 0.15) is 38.8 Å². The molecule has 8 nitrogen and oxygen atoms in total. The minimum atomic E-state index is -0.263. The predicted octanol–water partition coefficient (Wildman–Crippen LogP) is 4.43. The van der Waals surface area contributed by atoms with E-state index in [1.54, 1.807) is 48.7 Å². The van der Waals surface area contributed by atoms with E-state index < -0.39 is 0 Å². The van der Waals surface area contributed by atoms with Gasteiger partial charge in [-0.1, -0.05) is 12.1 Å². The second-order valence-corrected chi connectivity index (χ2v) is 9.99. The largest absolute Gasteiger partial charge is 0.497 e. The van der Waals surface area contributed by atoms with E-state index in [0.29, 0.717) is 43.2 Å². The first kappa shape index (κ1) is 27.5. The predicted molar refractivity (Wildman–Crippen MR) is 147 cm³/mol. The minimum absolute atomic E-state index is 0.0474. The standard InChI is InChI=1S/C29H34N2O6S/c1-34-14-5-12-30(29(33)21-16-23(36-3)18-24(17-21)37-4)19-27(32)31-13-10-26-25(11-15-38-26)28(31)20-6-8-22(35-2)9-7-20/h6-9,11,15-18,28H,5,10,12-14,19H2,1-4H3. The van der Waals surface area contributed by atoms with Crippen LogP contribution in [0.15, 0.2) is 53.9 Å². The van der Waals surface area contributed by atoms with Crippen LogP contribution in [0.25, 0.3) is 0 Å². The third kappa shape index (κ3) is 6.11. The molecule has 1 aliphatic rings. The third-order valence-electron chi connectivity index (χ3n) is 6.71. The monoisotopic (exact) mass is 538 g/mol. The minimum Gasteiger partial charge on any atom is -0.497 e. The molecule has 38 heavy (non-hydrogen) atoms. The van der Waals surface area contributed by atoms with Crippen LogP contribution < -0.4 is 14.2 Å². The first-order chi connectivity index (χ1) is 18.5. The van der Waals surface area contributed by atoms with E-state index in [4.69, 9.17) is 18.9 Å². The van der Waals surface area contributed by atoms with E-state index in [2.05, 4.69) is 11.4 Å². The zero-order chi connectivity index (χ0) is 27.1. The number of methoxy groups -OCH3 is 4. The van der Waals surface area contributed by atoms with Gasteiger partial charge in [0.2, 0.25) is 5.91 Å². The molecule has 0 spiro atoms. The molecular formula is C29H34N2O6S. The Morgan fingerprint density at radius 1 is 0.947 bits per heavy atom. The fourth-order valence-electron chi connectivity index (χ4n) is 4.75. The van der Waals surface area contributed by atoms with Crippen molar-refractivity contribution in [3.05, 3.63) is 75.5 Å². The van der Waals surface area contributed by atoms with Crippen LogP contribution in [-0.2, 0) is 16.0 Å². The summed E-state index contributed by atoms with van der Waals surface area (Å²) in [5.41, 5.74) is 2.54. The average molecular weight is 539 g/mol. The highest BCUT2D eigenvalue weighted by Crippen LogP contribution is 2.38. The van der Waals surface area contributed by atoms with Gasteiger partial charge in [0.05, 0.1) is 27.4 Å². The van der Waals surface area contributed by atoms with Gasteiger partial charge in [0.1, 0.15) is 23.8 Å². The summed E-state index contributed by atoms with van der Waals surface area (Å²) < 4.78 is 21.3. The van der Waals surface area contributed by atoms with E-state index >= 15 is 0 Å². The fraction of sp³-hybridized carbons (Fsp3) is 0.379. The highest BCUT2D eigenvalue weighted by Gasteiger charge is 2.34. The topological polar surface area (TPSA) is 77.5 Å². The zero-order valence-corrected chi connectivity index (χ0v) is 23.1. The normalized spacial score (nSPS) is 14.5. The fourth-order valence-corrected chi connectivity index (χ4v) is 5.65. The Bertz CT molecular complexity index is 1220. The number of hydrogen-bond donors (Lipinski definition) is 0. The van der Waals surface area contributed by atoms with E-state index in [-0.39, 0.29) is 24.4 Å². The molecule has 0 radical (unpaired) electrons. The Morgan fingerprint density at radius 3 is 2.26 bits per heavy atom. The number of nitrogens with zero attached hydrogens (tertiary/aromatic N) is 2. The van der Waals surface area contributed by atoms with Crippen molar-refractivity contribution in [1.82, 2.24) is 9.80 Å². The highest BCUT2D eigenvalue weighted by molar-refractivity contribution is 7.10. The van der Waals surface area contributed by atoms with Crippen molar-refractivity contribution in [2.24, 2.45) is 0 Å². The summed E-state index contributed by atoms with van der Waals surface area (Å²) in [4.78, 5) is 32.3. The number of hydrogen-bond acceptors (Lipinski definition) is 7. The summed E-state index contributed by atoms with van der Waals surface area (Å²) in [5, 5.41) is 2.08. The molecule has 0 saturated carbocycles. The average Bonchev–Trinajstić information content (AvgIpc) is 3.44. The lowest BCUT2D eigenvalue weighted by molar-refractivity contribution is -0.134. The van der Waals surface area contributed by atoms with Crippen LogP contribution >= 0.6 is 11.3 Å². The molecule has 2 aromatic carbocycles. The van der Waals surface area contributed by atoms with Crippen LogP contribution in [0.4, 0.5) is 0 Å². The summed E-state index contributed by atoms with van der Waals surface area (Å²) in [5.74, 6) is 1.41. The molecule has 9 heteroatoms. The number of amides is 2. The van der Waals surface area contributed by atoms with E-state index in [9.17, 15) is 9.59 Å². The zero-order valence-electron chi connectivity index (χ0n) is 22.3. The molecule has 1 aromatic heterocycles. The van der Waals surface area contributed by atoms with Gasteiger partial charge in [-0.3, -0.25) is 9.59 Å². The maximum Gasteiger partial charge on any atom is 0.254 e. The number of ether oxygens (including phenoxy) is 4. The van der Waals surface area contributed by atoms with Gasteiger partial charge in [-0.05, 0) is 59.7 Å². The Kier molecular flexibility index (Phi) is 9.25. The lowest BCUT2D eigenvalue weighted by Gasteiger charge is -2.37. The molecule has 1 unspecified atom stereocenters. The van der Waals surface area contributed by atoms with Gasteiger partial charge >= 0.3 is 0 Å². The van der Waals surface area contributed by atoms with Crippen molar-refractivity contribution in [2.45, 2.75) is 18.9 Å². The van der Waals surface area contributed by atoms with Crippen LogP contribution in [-0.4, -0.2) is 76.3 Å². The van der Waals surface area contributed by atoms with Gasteiger partial charge < -0.3 is 28.7 Å². The van der Waals surface area contributed by atoms with E-state index in [1.807, 2.05) is 29.2 Å². The molecule has 0 fully saturated rings. The lowest BCUT2D eigenvalue weighted by Crippen LogP contribution is -2.47. The molecule has 2 heterocycles. The van der Waals surface area contributed by atoms with Crippen molar-refractivity contribution in [1.29, 1.82) is 0 Å². The van der Waals surface area contributed by atoms with Crippen molar-refractivity contribution < 1.29 is 28.5 Å². The van der Waals surface area contributed by atoms with Crippen LogP contribution in [0.2, 0.25) is 0 Å². The molecule has 1 atom stereocenters. The van der Waals surface area contributed by atoms with Crippen molar-refractivity contribution in [3.63, 3.8) is 0 Å². The second-order valence-electron chi connectivity index (χ2n) is 8.99. The first-order valence-electron chi connectivity index (χ1n) is 12.5. The molecule has 0 aliphatic carbocycles. The van der Waals surface area contributed by atoms with Gasteiger partial charge in [0, 0.05) is 43.3 Å². The number of carbonyl (C=O) groups is 2. The van der Waals surface area contributed by atoms with Gasteiger partial charge in [-0.15, -0.1) is 11.3 Å². The van der Waals surface area contributed by atoms with Crippen LogP contribution in [0, 0.1) is 0 Å². The second kappa shape index (κ2) is 12.8. The molecule has 1 aliphatic heterocycles. The summed E-state index contributed by atoms with van der Waals surface area (Å²) in [6.07, 6.45) is 1.39. The summed E-state index contributed by atoms with van der Waals surface area (Å²) in [6, 6.07) is 14.7. The van der Waals surface area contributed by atoms with Crippen molar-refractivity contribution in [2.75, 3.05) is 54.7 Å². The van der Waals surface area contributed by atoms with Crippen LogP contribution in [0.5, 0.6) is 17.2 Å². The highest BCUT2D eigenvalue weighted by atomic mass is 32.1. The Morgan fingerprint density at radius 2 is 1.63 bits per heavy atom. The molecule has 3 aromatic rings. The quantitative estimate of drug-likeness (QED) is 0.336. The molecule has 202 valence electrons. The van der Waals surface area contributed by atoms with Crippen molar-refractivity contribution in [3.8, 4) is 17.2 Å². The molecule has 0 N–H and O–H groups in total. The molecule has 0 saturated heterocycles. The summed E-state index contributed by atoms with van der Waals surface area (Å²) in [6.45, 7) is 1.39. The van der Waals surface area contributed by atoms with Crippen molar-refractivity contribution >= 4 is 23.2 Å². The maximum atomic E-state index is 13.9. The molecule has 4 rings (SSSR count). The summed E-state index contributed by atoms with van der Waals surface area (Å²) >= 11 is 1.72. The Balaban J connectivity index is 1.62. The number of fused-ring (bicyclic) bond motifs is 1.